The number of carbonyl (C=O) groups excluding carboxylic acids is 4. The molecule has 2 aromatic rings. The van der Waals surface area contributed by atoms with Gasteiger partial charge < -0.3 is 20.7 Å². The Morgan fingerprint density at radius 3 is 2.66 bits per heavy atom. The van der Waals surface area contributed by atoms with Crippen LogP contribution in [0.3, 0.4) is 0 Å². The number of hydrogen-bond donors (Lipinski definition) is 3. The fourth-order valence-corrected chi connectivity index (χ4v) is 9.27. The minimum Gasteiger partial charge on any atom is -0.444 e. The number of fused-ring (bicyclic) bond motifs is 3. The SMILES string of the molecule is NC1CCCCC/C=C\[C@@H]2C[C@@]2(C(=O)NS(=O)(=O)c2ccc(Cl)s2)NC(=O)[C@@H]2C[C@@H](OC(=O)N3Cc4cccc(Cl)c4C3)CN2C1=O. The Labute approximate surface area is 286 Å². The van der Waals surface area contributed by atoms with Gasteiger partial charge in [0.2, 0.25) is 11.8 Å². The molecule has 5 atom stereocenters. The molecule has 1 aliphatic carbocycles. The molecule has 1 aromatic heterocycles. The Bertz CT molecular complexity index is 1730. The fourth-order valence-electron chi connectivity index (χ4n) is 6.49. The van der Waals surface area contributed by atoms with E-state index in [9.17, 15) is 27.6 Å². The first-order chi connectivity index (χ1) is 22.4. The second-order valence-electron chi connectivity index (χ2n) is 12.4. The molecule has 16 heteroatoms. The van der Waals surface area contributed by atoms with Crippen LogP contribution in [0.2, 0.25) is 9.36 Å². The highest BCUT2D eigenvalue weighted by Gasteiger charge is 2.61. The van der Waals surface area contributed by atoms with Gasteiger partial charge in [-0.25, -0.2) is 17.9 Å². The Balaban J connectivity index is 1.21. The summed E-state index contributed by atoms with van der Waals surface area (Å²) in [5.74, 6) is -2.48. The second kappa shape index (κ2) is 13.4. The molecular weight excluding hydrogens is 689 g/mol. The molecule has 0 spiro atoms. The van der Waals surface area contributed by atoms with Crippen molar-refractivity contribution in [3.05, 3.63) is 63.0 Å². The summed E-state index contributed by atoms with van der Waals surface area (Å²) < 4.78 is 34.0. The monoisotopic (exact) mass is 723 g/mol. The quantitative estimate of drug-likeness (QED) is 0.402. The van der Waals surface area contributed by atoms with Gasteiger partial charge in [-0.1, -0.05) is 60.3 Å². The van der Waals surface area contributed by atoms with Crippen molar-refractivity contribution in [3.8, 4) is 0 Å². The lowest BCUT2D eigenvalue weighted by Gasteiger charge is -2.28. The summed E-state index contributed by atoms with van der Waals surface area (Å²) in [5.41, 5.74) is 6.49. The van der Waals surface area contributed by atoms with Crippen molar-refractivity contribution in [2.24, 2.45) is 11.7 Å². The summed E-state index contributed by atoms with van der Waals surface area (Å²) in [5, 5.41) is 3.33. The van der Waals surface area contributed by atoms with Crippen molar-refractivity contribution < 1.29 is 32.3 Å². The predicted octanol–water partition coefficient (Wildman–Crippen LogP) is 3.70. The average Bonchev–Trinajstić information content (AvgIpc) is 3.41. The van der Waals surface area contributed by atoms with Gasteiger partial charge in [-0.15, -0.1) is 11.3 Å². The number of amides is 4. The molecule has 1 unspecified atom stereocenters. The lowest BCUT2D eigenvalue weighted by atomic mass is 10.1. The van der Waals surface area contributed by atoms with Crippen LogP contribution in [-0.4, -0.2) is 72.3 Å². The molecule has 252 valence electrons. The van der Waals surface area contributed by atoms with E-state index in [2.05, 4.69) is 10.0 Å². The highest BCUT2D eigenvalue weighted by molar-refractivity contribution is 7.92. The maximum absolute atomic E-state index is 14.0. The predicted molar refractivity (Wildman–Crippen MR) is 175 cm³/mol. The Kier molecular flexibility index (Phi) is 9.60. The zero-order valence-electron chi connectivity index (χ0n) is 25.3. The number of allylic oxidation sites excluding steroid dienone is 1. The number of benzene rings is 1. The third-order valence-corrected chi connectivity index (χ3v) is 12.6. The number of rotatable bonds is 4. The standard InChI is InChI=1S/C31H35Cl2N5O7S2/c32-22-9-6-7-18-15-37(17-21(18)22)30(42)45-20-13-24-27(39)35-31(29(41)36-47(43,44)26-12-11-25(33)46-26)14-19(31)8-4-2-1-3-5-10-23(34)28(40)38(24)16-20/h4,6-9,11-12,19-20,23-24H,1-3,5,10,13-17,34H2,(H,35,39)(H,36,41)/b8-4-/t19-,20-,23?,24+,31-/m1/s1. The van der Waals surface area contributed by atoms with Gasteiger partial charge in [0.25, 0.3) is 15.9 Å². The minimum atomic E-state index is -4.26. The van der Waals surface area contributed by atoms with Gasteiger partial charge in [0.1, 0.15) is 21.9 Å². The summed E-state index contributed by atoms with van der Waals surface area (Å²) in [6, 6.07) is 6.18. The molecule has 1 saturated carbocycles. The number of hydrogen-bond acceptors (Lipinski definition) is 9. The topological polar surface area (TPSA) is 168 Å². The molecule has 4 heterocycles. The van der Waals surface area contributed by atoms with Crippen molar-refractivity contribution in [3.63, 3.8) is 0 Å². The summed E-state index contributed by atoms with van der Waals surface area (Å²) in [6.45, 7) is 0.519. The van der Waals surface area contributed by atoms with E-state index in [0.717, 1.165) is 35.3 Å². The zero-order valence-corrected chi connectivity index (χ0v) is 28.5. The van der Waals surface area contributed by atoms with E-state index in [0.29, 0.717) is 30.8 Å². The van der Waals surface area contributed by atoms with Crippen LogP contribution in [-0.2, 0) is 42.2 Å². The number of carbonyl (C=O) groups is 4. The van der Waals surface area contributed by atoms with Crippen molar-refractivity contribution >= 4 is 68.4 Å². The summed E-state index contributed by atoms with van der Waals surface area (Å²) in [6.07, 6.45) is 5.96. The van der Waals surface area contributed by atoms with Crippen molar-refractivity contribution in [2.45, 2.75) is 86.0 Å². The molecular formula is C31H35Cl2N5O7S2. The van der Waals surface area contributed by atoms with Crippen LogP contribution in [0.25, 0.3) is 0 Å². The lowest BCUT2D eigenvalue weighted by molar-refractivity contribution is -0.140. The van der Waals surface area contributed by atoms with E-state index in [1.807, 2.05) is 24.3 Å². The maximum atomic E-state index is 14.0. The highest BCUT2D eigenvalue weighted by atomic mass is 35.5. The van der Waals surface area contributed by atoms with Gasteiger partial charge >= 0.3 is 6.09 Å². The van der Waals surface area contributed by atoms with Crippen molar-refractivity contribution in [2.75, 3.05) is 6.54 Å². The van der Waals surface area contributed by atoms with E-state index in [-0.39, 0.29) is 34.5 Å². The molecule has 4 aliphatic rings. The molecule has 0 bridgehead atoms. The normalized spacial score (nSPS) is 28.7. The molecule has 1 aromatic carbocycles. The molecule has 12 nitrogen and oxygen atoms in total. The Hall–Kier alpha value is -3.17. The van der Waals surface area contributed by atoms with Gasteiger partial charge in [0, 0.05) is 23.9 Å². The van der Waals surface area contributed by atoms with Gasteiger partial charge in [-0.2, -0.15) is 0 Å². The van der Waals surface area contributed by atoms with Crippen molar-refractivity contribution in [1.82, 2.24) is 19.8 Å². The highest BCUT2D eigenvalue weighted by Crippen LogP contribution is 2.46. The number of halogens is 2. The lowest BCUT2D eigenvalue weighted by Crippen LogP contribution is -2.57. The van der Waals surface area contributed by atoms with Crippen LogP contribution in [0.5, 0.6) is 0 Å². The van der Waals surface area contributed by atoms with Crippen LogP contribution >= 0.6 is 34.5 Å². The number of sulfonamides is 1. The Morgan fingerprint density at radius 2 is 1.91 bits per heavy atom. The largest absolute Gasteiger partial charge is 0.444 e. The fraction of sp³-hybridized carbons (Fsp3) is 0.484. The first-order valence-electron chi connectivity index (χ1n) is 15.5. The first-order valence-corrected chi connectivity index (χ1v) is 18.5. The van der Waals surface area contributed by atoms with Crippen LogP contribution in [0.15, 0.2) is 46.7 Å². The third-order valence-electron chi connectivity index (χ3n) is 9.18. The van der Waals surface area contributed by atoms with Gasteiger partial charge in [-0.05, 0) is 55.0 Å². The molecule has 0 radical (unpaired) electrons. The van der Waals surface area contributed by atoms with E-state index in [1.165, 1.54) is 21.9 Å². The average molecular weight is 725 g/mol. The molecule has 3 aliphatic heterocycles. The zero-order chi connectivity index (χ0) is 33.5. The second-order valence-corrected chi connectivity index (χ2v) is 16.5. The Morgan fingerprint density at radius 1 is 1.11 bits per heavy atom. The van der Waals surface area contributed by atoms with Crippen LogP contribution < -0.4 is 15.8 Å². The summed E-state index contributed by atoms with van der Waals surface area (Å²) in [4.78, 5) is 57.2. The number of nitrogens with two attached hydrogens (primary N) is 1. The van der Waals surface area contributed by atoms with E-state index in [4.69, 9.17) is 33.7 Å². The molecule has 47 heavy (non-hydrogen) atoms. The summed E-state index contributed by atoms with van der Waals surface area (Å²) in [7, 11) is -4.26. The number of nitrogens with zero attached hydrogens (tertiary/aromatic N) is 2. The molecule has 6 rings (SSSR count). The smallest absolute Gasteiger partial charge is 0.410 e. The number of ether oxygens (including phenoxy) is 1. The molecule has 4 amide bonds. The van der Waals surface area contributed by atoms with Gasteiger partial charge in [-0.3, -0.25) is 19.3 Å². The van der Waals surface area contributed by atoms with E-state index >= 15 is 0 Å². The van der Waals surface area contributed by atoms with E-state index in [1.54, 1.807) is 6.07 Å². The summed E-state index contributed by atoms with van der Waals surface area (Å²) >= 11 is 13.0. The van der Waals surface area contributed by atoms with Crippen LogP contribution in [0.4, 0.5) is 4.79 Å². The van der Waals surface area contributed by atoms with Crippen LogP contribution in [0, 0.1) is 5.92 Å². The molecule has 4 N–H and O–H groups in total. The van der Waals surface area contributed by atoms with E-state index < -0.39 is 63.5 Å². The minimum absolute atomic E-state index is 0.0260. The number of thiophene rings is 1. The third kappa shape index (κ3) is 7.02. The molecule has 2 fully saturated rings. The first kappa shape index (κ1) is 33.7. The number of nitrogens with one attached hydrogen (secondary N) is 2. The maximum Gasteiger partial charge on any atom is 0.410 e. The molecule has 1 saturated heterocycles. The van der Waals surface area contributed by atoms with Gasteiger partial charge in [0.15, 0.2) is 0 Å². The van der Waals surface area contributed by atoms with Gasteiger partial charge in [0.05, 0.1) is 23.5 Å². The van der Waals surface area contributed by atoms with Crippen LogP contribution in [0.1, 0.15) is 56.1 Å². The van der Waals surface area contributed by atoms with Crippen molar-refractivity contribution in [1.29, 1.82) is 0 Å².